The van der Waals surface area contributed by atoms with Crippen molar-refractivity contribution in [3.63, 3.8) is 0 Å². The lowest BCUT2D eigenvalue weighted by atomic mass is 9.80. The molecule has 26 heavy (non-hydrogen) atoms. The van der Waals surface area contributed by atoms with Crippen LogP contribution < -0.4 is 0 Å². The Morgan fingerprint density at radius 2 is 1.46 bits per heavy atom. The Hall–Kier alpha value is -2.83. The minimum Gasteiger partial charge on any atom is -0.465 e. The zero-order valence-electron chi connectivity index (χ0n) is 15.4. The fourth-order valence-corrected chi connectivity index (χ4v) is 2.86. The van der Waals surface area contributed by atoms with Gasteiger partial charge in [0.2, 0.25) is 0 Å². The summed E-state index contributed by atoms with van der Waals surface area (Å²) >= 11 is 0. The van der Waals surface area contributed by atoms with E-state index in [9.17, 15) is 14.4 Å². The minimum absolute atomic E-state index is 0.0386. The van der Waals surface area contributed by atoms with Crippen molar-refractivity contribution in [3.8, 4) is 0 Å². The molecule has 0 amide bonds. The van der Waals surface area contributed by atoms with Gasteiger partial charge < -0.3 is 19.2 Å². The zero-order valence-corrected chi connectivity index (χ0v) is 15.4. The molecule has 2 rings (SSSR count). The quantitative estimate of drug-likeness (QED) is 0.463. The number of aromatic nitrogens is 1. The highest BCUT2D eigenvalue weighted by molar-refractivity contribution is 6.13. The molecule has 2 aromatic rings. The van der Waals surface area contributed by atoms with Gasteiger partial charge in [-0.15, -0.1) is 0 Å². The third-order valence-electron chi connectivity index (χ3n) is 4.05. The Kier molecular flexibility index (Phi) is 6.02. The van der Waals surface area contributed by atoms with Crippen molar-refractivity contribution in [1.82, 2.24) is 4.98 Å². The second-order valence-electron chi connectivity index (χ2n) is 5.71. The van der Waals surface area contributed by atoms with E-state index < -0.39 is 23.3 Å². The summed E-state index contributed by atoms with van der Waals surface area (Å²) in [5, 5.41) is 0.555. The number of ether oxygens (including phenoxy) is 3. The van der Waals surface area contributed by atoms with Crippen LogP contribution in [0.25, 0.3) is 10.9 Å². The third-order valence-corrected chi connectivity index (χ3v) is 4.05. The predicted molar refractivity (Wildman–Crippen MR) is 94.9 cm³/mol. The Balaban J connectivity index is 2.79. The molecule has 1 aromatic heterocycles. The maximum absolute atomic E-state index is 12.8. The molecule has 1 aromatic carbocycles. The van der Waals surface area contributed by atoms with Gasteiger partial charge in [0.25, 0.3) is 0 Å². The zero-order chi connectivity index (χ0) is 19.3. The SMILES string of the molecule is CCOC(=O)c1[nH]c2ccccc2c1C(C)(C(=O)OCC)C(=O)OCC. The number of hydrogen-bond donors (Lipinski definition) is 1. The normalized spacial score (nSPS) is 11.2. The number of nitrogens with one attached hydrogen (secondary N) is 1. The molecule has 1 N–H and O–H groups in total. The lowest BCUT2D eigenvalue weighted by molar-refractivity contribution is -0.163. The molecule has 0 saturated heterocycles. The number of aromatic amines is 1. The maximum Gasteiger partial charge on any atom is 0.355 e. The molecule has 7 heteroatoms. The van der Waals surface area contributed by atoms with Crippen molar-refractivity contribution in [2.24, 2.45) is 0 Å². The number of hydrogen-bond acceptors (Lipinski definition) is 6. The van der Waals surface area contributed by atoms with Gasteiger partial charge in [-0.05, 0) is 33.8 Å². The smallest absolute Gasteiger partial charge is 0.355 e. The molecule has 0 bridgehead atoms. The lowest BCUT2D eigenvalue weighted by Crippen LogP contribution is -2.44. The van der Waals surface area contributed by atoms with Crippen molar-refractivity contribution in [1.29, 1.82) is 0 Å². The molecule has 0 aliphatic rings. The van der Waals surface area contributed by atoms with E-state index in [0.29, 0.717) is 10.9 Å². The number of rotatable bonds is 7. The predicted octanol–water partition coefficient (Wildman–Crippen LogP) is 2.73. The van der Waals surface area contributed by atoms with Gasteiger partial charge in [0.15, 0.2) is 5.41 Å². The van der Waals surface area contributed by atoms with Gasteiger partial charge in [0, 0.05) is 16.5 Å². The molecule has 0 aliphatic carbocycles. The van der Waals surface area contributed by atoms with Crippen molar-refractivity contribution in [2.45, 2.75) is 33.1 Å². The van der Waals surface area contributed by atoms with Gasteiger partial charge in [0.05, 0.1) is 19.8 Å². The van der Waals surface area contributed by atoms with Crippen LogP contribution in [0.1, 0.15) is 43.7 Å². The highest BCUT2D eigenvalue weighted by atomic mass is 16.6. The number of carbonyl (C=O) groups excluding carboxylic acids is 3. The first kappa shape index (κ1) is 19.5. The molecule has 0 saturated carbocycles. The van der Waals surface area contributed by atoms with Crippen LogP contribution in [0.5, 0.6) is 0 Å². The van der Waals surface area contributed by atoms with Gasteiger partial charge in [-0.25, -0.2) is 4.79 Å². The Morgan fingerprint density at radius 1 is 0.923 bits per heavy atom. The van der Waals surface area contributed by atoms with Crippen LogP contribution in [0.2, 0.25) is 0 Å². The van der Waals surface area contributed by atoms with Crippen LogP contribution in [0.4, 0.5) is 0 Å². The Morgan fingerprint density at radius 3 is 2.00 bits per heavy atom. The van der Waals surface area contributed by atoms with Crippen molar-refractivity contribution in [3.05, 3.63) is 35.5 Å². The van der Waals surface area contributed by atoms with Crippen LogP contribution in [-0.4, -0.2) is 42.7 Å². The van der Waals surface area contributed by atoms with Crippen LogP contribution in [0.3, 0.4) is 0 Å². The van der Waals surface area contributed by atoms with Gasteiger partial charge in [-0.1, -0.05) is 18.2 Å². The number of para-hydroxylation sites is 1. The average Bonchev–Trinajstić information content (AvgIpc) is 3.01. The molecule has 0 fully saturated rings. The fraction of sp³-hybridized carbons (Fsp3) is 0.421. The average molecular weight is 361 g/mol. The molecule has 140 valence electrons. The van der Waals surface area contributed by atoms with E-state index in [-0.39, 0.29) is 31.1 Å². The van der Waals surface area contributed by atoms with E-state index in [2.05, 4.69) is 4.98 Å². The third kappa shape index (κ3) is 3.29. The van der Waals surface area contributed by atoms with Crippen LogP contribution >= 0.6 is 0 Å². The molecular formula is C19H23NO6. The molecule has 0 aliphatic heterocycles. The molecular weight excluding hydrogens is 338 g/mol. The molecule has 1 heterocycles. The Labute approximate surface area is 151 Å². The molecule has 0 atom stereocenters. The van der Waals surface area contributed by atoms with Crippen LogP contribution in [0, 0.1) is 0 Å². The number of carbonyl (C=O) groups is 3. The minimum atomic E-state index is -1.81. The first-order chi connectivity index (χ1) is 12.4. The largest absolute Gasteiger partial charge is 0.465 e. The Bertz CT molecular complexity index is 805. The van der Waals surface area contributed by atoms with Crippen LogP contribution in [0.15, 0.2) is 24.3 Å². The topological polar surface area (TPSA) is 94.7 Å². The number of H-pyrrole nitrogens is 1. The summed E-state index contributed by atoms with van der Waals surface area (Å²) in [5.41, 5.74) is -0.973. The summed E-state index contributed by atoms with van der Waals surface area (Å²) in [6.07, 6.45) is 0. The summed E-state index contributed by atoms with van der Waals surface area (Å²) in [6, 6.07) is 7.01. The summed E-state index contributed by atoms with van der Waals surface area (Å²) in [4.78, 5) is 41.0. The van der Waals surface area contributed by atoms with E-state index >= 15 is 0 Å². The van der Waals surface area contributed by atoms with Gasteiger partial charge in [-0.2, -0.15) is 0 Å². The van der Waals surface area contributed by atoms with E-state index in [4.69, 9.17) is 14.2 Å². The summed E-state index contributed by atoms with van der Waals surface area (Å²) in [6.45, 7) is 6.70. The highest BCUT2D eigenvalue weighted by Crippen LogP contribution is 2.36. The summed E-state index contributed by atoms with van der Waals surface area (Å²) < 4.78 is 15.4. The molecule has 0 unspecified atom stereocenters. The van der Waals surface area contributed by atoms with E-state index in [0.717, 1.165) is 0 Å². The summed E-state index contributed by atoms with van der Waals surface area (Å²) in [7, 11) is 0. The number of fused-ring (bicyclic) bond motifs is 1. The van der Waals surface area contributed by atoms with E-state index in [1.807, 2.05) is 0 Å². The van der Waals surface area contributed by atoms with Gasteiger partial charge >= 0.3 is 17.9 Å². The second kappa shape index (κ2) is 8.03. The van der Waals surface area contributed by atoms with Gasteiger partial charge in [-0.3, -0.25) is 9.59 Å². The second-order valence-corrected chi connectivity index (χ2v) is 5.71. The standard InChI is InChI=1S/C19H23NO6/c1-5-24-16(21)15-14(12-10-8-9-11-13(12)20-15)19(4,17(22)25-6-2)18(23)26-7-3/h8-11,20H,5-7H2,1-4H3. The highest BCUT2D eigenvalue weighted by Gasteiger charge is 2.50. The fourth-order valence-electron chi connectivity index (χ4n) is 2.86. The molecule has 0 spiro atoms. The molecule has 7 nitrogen and oxygen atoms in total. The first-order valence-electron chi connectivity index (χ1n) is 8.54. The van der Waals surface area contributed by atoms with Crippen molar-refractivity contribution in [2.75, 3.05) is 19.8 Å². The maximum atomic E-state index is 12.8. The summed E-state index contributed by atoms with van der Waals surface area (Å²) in [5.74, 6) is -2.22. The monoisotopic (exact) mass is 361 g/mol. The number of esters is 3. The first-order valence-corrected chi connectivity index (χ1v) is 8.54. The van der Waals surface area contributed by atoms with Crippen molar-refractivity contribution >= 4 is 28.8 Å². The lowest BCUT2D eigenvalue weighted by Gasteiger charge is -2.25. The van der Waals surface area contributed by atoms with E-state index in [1.54, 1.807) is 45.0 Å². The number of benzene rings is 1. The van der Waals surface area contributed by atoms with Crippen molar-refractivity contribution < 1.29 is 28.6 Å². The van der Waals surface area contributed by atoms with E-state index in [1.165, 1.54) is 6.92 Å². The van der Waals surface area contributed by atoms with Crippen LogP contribution in [-0.2, 0) is 29.2 Å². The van der Waals surface area contributed by atoms with Gasteiger partial charge in [0.1, 0.15) is 5.69 Å². The molecule has 0 radical (unpaired) electrons.